The molecule has 1 aromatic rings. The van der Waals surface area contributed by atoms with E-state index in [9.17, 15) is 13.2 Å². The van der Waals surface area contributed by atoms with Crippen molar-refractivity contribution >= 4 is 29.9 Å². The smallest absolute Gasteiger partial charge is 0.390 e. The van der Waals surface area contributed by atoms with Crippen molar-refractivity contribution in [1.29, 1.82) is 0 Å². The van der Waals surface area contributed by atoms with Gasteiger partial charge < -0.3 is 20.1 Å². The van der Waals surface area contributed by atoms with Gasteiger partial charge in [-0.2, -0.15) is 13.2 Å². The number of aliphatic imine (C=N–C) groups is 1. The molecule has 0 bridgehead atoms. The fourth-order valence-corrected chi connectivity index (χ4v) is 1.81. The van der Waals surface area contributed by atoms with Gasteiger partial charge in [-0.3, -0.25) is 0 Å². The predicted octanol–water partition coefficient (Wildman–Crippen LogP) is 3.33. The lowest BCUT2D eigenvalue weighted by Gasteiger charge is -2.13. The number of nitrogens with zero attached hydrogens (tertiary/aromatic N) is 1. The van der Waals surface area contributed by atoms with Crippen LogP contribution in [0.3, 0.4) is 0 Å². The summed E-state index contributed by atoms with van der Waals surface area (Å²) in [4.78, 5) is 4.26. The Kier molecular flexibility index (Phi) is 10.6. The lowest BCUT2D eigenvalue weighted by molar-refractivity contribution is -0.132. The van der Waals surface area contributed by atoms with E-state index in [-0.39, 0.29) is 30.5 Å². The Balaban J connectivity index is 0.00000529. The van der Waals surface area contributed by atoms with Gasteiger partial charge in [-0.15, -0.1) is 24.0 Å². The summed E-state index contributed by atoms with van der Waals surface area (Å²) < 4.78 is 46.9. The van der Waals surface area contributed by atoms with Gasteiger partial charge in [0.25, 0.3) is 0 Å². The number of halogens is 4. The van der Waals surface area contributed by atoms with Crippen LogP contribution >= 0.6 is 24.0 Å². The monoisotopic (exact) mass is 461 g/mol. The van der Waals surface area contributed by atoms with Gasteiger partial charge in [-0.1, -0.05) is 6.07 Å². The predicted molar refractivity (Wildman–Crippen MR) is 98.5 cm³/mol. The summed E-state index contributed by atoms with van der Waals surface area (Å²) in [6, 6.07) is 5.36. The van der Waals surface area contributed by atoms with Gasteiger partial charge in [0.1, 0.15) is 0 Å². The summed E-state index contributed by atoms with van der Waals surface area (Å²) in [5.74, 6) is 1.53. The molecule has 0 atom stereocenters. The number of hydrogen-bond acceptors (Lipinski definition) is 3. The van der Waals surface area contributed by atoms with E-state index in [1.54, 1.807) is 19.2 Å². The SMILES string of the molecule is CCNC(=NCc1ccc(OC)c(OC)c1)NCCC(F)(F)F.I. The van der Waals surface area contributed by atoms with Crippen LogP contribution in [0.15, 0.2) is 23.2 Å². The molecule has 0 saturated heterocycles. The zero-order valence-corrected chi connectivity index (χ0v) is 16.2. The molecule has 2 N–H and O–H groups in total. The molecule has 0 spiro atoms. The molecule has 0 radical (unpaired) electrons. The third-order valence-electron chi connectivity index (χ3n) is 2.91. The van der Waals surface area contributed by atoms with E-state index in [2.05, 4.69) is 15.6 Å². The zero-order chi connectivity index (χ0) is 17.3. The summed E-state index contributed by atoms with van der Waals surface area (Å²) in [5, 5.41) is 5.57. The molecule has 1 aromatic carbocycles. The van der Waals surface area contributed by atoms with Crippen LogP contribution in [0.1, 0.15) is 18.9 Å². The molecule has 1 rings (SSSR count). The Labute approximate surface area is 157 Å². The first-order valence-electron chi connectivity index (χ1n) is 7.19. The Morgan fingerprint density at radius 3 is 2.33 bits per heavy atom. The van der Waals surface area contributed by atoms with Crippen LogP contribution in [0.5, 0.6) is 11.5 Å². The van der Waals surface area contributed by atoms with Crippen LogP contribution in [0, 0.1) is 0 Å². The number of hydrogen-bond donors (Lipinski definition) is 2. The van der Waals surface area contributed by atoms with Gasteiger partial charge in [0.05, 0.1) is 27.2 Å². The van der Waals surface area contributed by atoms with E-state index in [4.69, 9.17) is 9.47 Å². The highest BCUT2D eigenvalue weighted by Gasteiger charge is 2.26. The Hall–Kier alpha value is -1.39. The quantitative estimate of drug-likeness (QED) is 0.372. The lowest BCUT2D eigenvalue weighted by Crippen LogP contribution is -2.38. The average Bonchev–Trinajstić information content (AvgIpc) is 2.51. The molecule has 5 nitrogen and oxygen atoms in total. The summed E-state index contributed by atoms with van der Waals surface area (Å²) >= 11 is 0. The Morgan fingerprint density at radius 2 is 1.79 bits per heavy atom. The molecule has 0 amide bonds. The summed E-state index contributed by atoms with van der Waals surface area (Å²) in [7, 11) is 3.08. The first-order chi connectivity index (χ1) is 10.9. The van der Waals surface area contributed by atoms with E-state index < -0.39 is 12.6 Å². The van der Waals surface area contributed by atoms with Crippen molar-refractivity contribution in [2.75, 3.05) is 27.3 Å². The zero-order valence-electron chi connectivity index (χ0n) is 13.9. The van der Waals surface area contributed by atoms with Crippen LogP contribution in [0.4, 0.5) is 13.2 Å². The highest BCUT2D eigenvalue weighted by molar-refractivity contribution is 14.0. The second-order valence-electron chi connectivity index (χ2n) is 4.68. The summed E-state index contributed by atoms with van der Waals surface area (Å²) in [6.45, 7) is 2.49. The number of ether oxygens (including phenoxy) is 2. The normalized spacial score (nSPS) is 11.5. The van der Waals surface area contributed by atoms with Crippen LogP contribution in [-0.2, 0) is 6.54 Å². The standard InChI is InChI=1S/C15H22F3N3O2.HI/c1-4-19-14(20-8-7-15(16,17)18)21-10-11-5-6-12(22-2)13(9-11)23-3;/h5-6,9H,4,7-8,10H2,1-3H3,(H2,19,20,21);1H. The highest BCUT2D eigenvalue weighted by Crippen LogP contribution is 2.27. The number of guanidine groups is 1. The minimum absolute atomic E-state index is 0. The minimum Gasteiger partial charge on any atom is -0.493 e. The molecular formula is C15H23F3IN3O2. The fraction of sp³-hybridized carbons (Fsp3) is 0.533. The van der Waals surface area contributed by atoms with Crippen molar-refractivity contribution < 1.29 is 22.6 Å². The molecule has 0 aliphatic heterocycles. The van der Waals surface area contributed by atoms with Gasteiger partial charge in [0.2, 0.25) is 0 Å². The van der Waals surface area contributed by atoms with E-state index >= 15 is 0 Å². The summed E-state index contributed by atoms with van der Waals surface area (Å²) in [5.41, 5.74) is 0.857. The van der Waals surface area contributed by atoms with Crippen LogP contribution in [0.2, 0.25) is 0 Å². The molecule has 0 unspecified atom stereocenters. The van der Waals surface area contributed by atoms with Gasteiger partial charge in [-0.25, -0.2) is 4.99 Å². The molecule has 0 aliphatic rings. The lowest BCUT2D eigenvalue weighted by atomic mass is 10.2. The van der Waals surface area contributed by atoms with Crippen molar-refractivity contribution in [2.24, 2.45) is 4.99 Å². The van der Waals surface area contributed by atoms with Crippen molar-refractivity contribution in [3.05, 3.63) is 23.8 Å². The van der Waals surface area contributed by atoms with E-state index in [1.807, 2.05) is 13.0 Å². The van der Waals surface area contributed by atoms with Crippen LogP contribution in [-0.4, -0.2) is 39.4 Å². The van der Waals surface area contributed by atoms with Gasteiger partial charge in [0.15, 0.2) is 17.5 Å². The van der Waals surface area contributed by atoms with Gasteiger partial charge >= 0.3 is 6.18 Å². The molecule has 0 saturated carbocycles. The van der Waals surface area contributed by atoms with Crippen LogP contribution < -0.4 is 20.1 Å². The third kappa shape index (κ3) is 8.46. The maximum atomic E-state index is 12.2. The number of methoxy groups -OCH3 is 2. The number of alkyl halides is 3. The molecule has 0 heterocycles. The molecule has 0 aliphatic carbocycles. The van der Waals surface area contributed by atoms with Crippen molar-refractivity contribution in [1.82, 2.24) is 10.6 Å². The molecule has 9 heteroatoms. The summed E-state index contributed by atoms with van der Waals surface area (Å²) in [6.07, 6.45) is -5.10. The van der Waals surface area contributed by atoms with Gasteiger partial charge in [-0.05, 0) is 24.6 Å². The maximum Gasteiger partial charge on any atom is 0.390 e. The van der Waals surface area contributed by atoms with Crippen LogP contribution in [0.25, 0.3) is 0 Å². The maximum absolute atomic E-state index is 12.2. The Bertz CT molecular complexity index is 525. The van der Waals surface area contributed by atoms with E-state index in [0.29, 0.717) is 30.5 Å². The Morgan fingerprint density at radius 1 is 1.12 bits per heavy atom. The van der Waals surface area contributed by atoms with Crippen molar-refractivity contribution in [3.8, 4) is 11.5 Å². The number of rotatable bonds is 7. The largest absolute Gasteiger partial charge is 0.493 e. The third-order valence-corrected chi connectivity index (χ3v) is 2.91. The fourth-order valence-electron chi connectivity index (χ4n) is 1.81. The van der Waals surface area contributed by atoms with Crippen molar-refractivity contribution in [2.45, 2.75) is 26.1 Å². The molecule has 138 valence electrons. The minimum atomic E-state index is -4.19. The van der Waals surface area contributed by atoms with E-state index in [0.717, 1.165) is 5.56 Å². The number of nitrogens with one attached hydrogen (secondary N) is 2. The first kappa shape index (κ1) is 22.6. The topological polar surface area (TPSA) is 54.9 Å². The highest BCUT2D eigenvalue weighted by atomic mass is 127. The first-order valence-corrected chi connectivity index (χ1v) is 7.19. The van der Waals surface area contributed by atoms with Crippen molar-refractivity contribution in [3.63, 3.8) is 0 Å². The molecule has 0 fully saturated rings. The number of benzene rings is 1. The van der Waals surface area contributed by atoms with E-state index in [1.165, 1.54) is 7.11 Å². The van der Waals surface area contributed by atoms with Gasteiger partial charge in [0, 0.05) is 13.1 Å². The molecular weight excluding hydrogens is 438 g/mol. The second kappa shape index (κ2) is 11.2. The second-order valence-corrected chi connectivity index (χ2v) is 4.68. The molecule has 0 aromatic heterocycles. The molecule has 24 heavy (non-hydrogen) atoms. The average molecular weight is 461 g/mol.